The van der Waals surface area contributed by atoms with Crippen molar-refractivity contribution in [2.75, 3.05) is 18.5 Å². The fraction of sp³-hybridized carbons (Fsp3) is 0.393. The molecule has 1 N–H and O–H groups in total. The van der Waals surface area contributed by atoms with E-state index in [2.05, 4.69) is 31.3 Å². The van der Waals surface area contributed by atoms with Gasteiger partial charge in [-0.2, -0.15) is 4.98 Å². The van der Waals surface area contributed by atoms with Crippen molar-refractivity contribution in [2.24, 2.45) is 5.92 Å². The molecule has 8 heteroatoms. The van der Waals surface area contributed by atoms with Crippen LogP contribution in [0, 0.1) is 5.92 Å². The Balaban J connectivity index is 1.62. The second-order valence-electron chi connectivity index (χ2n) is 9.24. The van der Waals surface area contributed by atoms with Crippen molar-refractivity contribution in [3.63, 3.8) is 0 Å². The Kier molecular flexibility index (Phi) is 8.70. The third-order valence-electron chi connectivity index (χ3n) is 5.86. The number of hydrogen-bond acceptors (Lipinski definition) is 7. The van der Waals surface area contributed by atoms with Gasteiger partial charge < -0.3 is 14.8 Å². The summed E-state index contributed by atoms with van der Waals surface area (Å²) in [7, 11) is 0. The minimum Gasteiger partial charge on any atom is -0.494 e. The lowest BCUT2D eigenvalue weighted by molar-refractivity contribution is -0.139. The molecule has 0 amide bonds. The van der Waals surface area contributed by atoms with E-state index in [1.807, 2.05) is 56.3 Å². The van der Waals surface area contributed by atoms with Gasteiger partial charge in [0, 0.05) is 11.4 Å². The molecule has 1 aliphatic rings. The normalized spacial score (nSPS) is 15.0. The first-order valence-corrected chi connectivity index (χ1v) is 13.5. The van der Waals surface area contributed by atoms with Crippen LogP contribution in [0.4, 0.5) is 5.95 Å². The highest BCUT2D eigenvalue weighted by Gasteiger charge is 2.35. The minimum atomic E-state index is -0.450. The van der Waals surface area contributed by atoms with E-state index >= 15 is 0 Å². The Morgan fingerprint density at radius 1 is 1.11 bits per heavy atom. The molecule has 0 bridgehead atoms. The van der Waals surface area contributed by atoms with Gasteiger partial charge in [-0.15, -0.1) is 5.10 Å². The van der Waals surface area contributed by atoms with Crippen LogP contribution in [0.25, 0.3) is 0 Å². The summed E-state index contributed by atoms with van der Waals surface area (Å²) < 4.78 is 13.2. The molecular formula is C28H34N4O3S. The fourth-order valence-electron chi connectivity index (χ4n) is 3.92. The van der Waals surface area contributed by atoms with Gasteiger partial charge in [0.1, 0.15) is 11.8 Å². The Hall–Kier alpha value is -3.26. The molecule has 2 heterocycles. The van der Waals surface area contributed by atoms with Crippen molar-refractivity contribution in [3.8, 4) is 5.75 Å². The number of esters is 1. The van der Waals surface area contributed by atoms with Crippen LogP contribution >= 0.6 is 11.8 Å². The number of aromatic nitrogens is 3. The highest BCUT2D eigenvalue weighted by Crippen LogP contribution is 2.37. The maximum Gasteiger partial charge on any atom is 0.338 e. The lowest BCUT2D eigenvalue weighted by Gasteiger charge is -2.28. The van der Waals surface area contributed by atoms with Crippen molar-refractivity contribution in [1.29, 1.82) is 0 Å². The quantitative estimate of drug-likeness (QED) is 0.244. The maximum absolute atomic E-state index is 13.1. The molecule has 7 nitrogen and oxygen atoms in total. The zero-order valence-corrected chi connectivity index (χ0v) is 22.2. The van der Waals surface area contributed by atoms with Crippen LogP contribution in [0.5, 0.6) is 5.75 Å². The second kappa shape index (κ2) is 12.1. The molecule has 0 saturated carbocycles. The largest absolute Gasteiger partial charge is 0.494 e. The van der Waals surface area contributed by atoms with Crippen LogP contribution in [0.3, 0.4) is 0 Å². The summed E-state index contributed by atoms with van der Waals surface area (Å²) in [5.41, 5.74) is 3.37. The van der Waals surface area contributed by atoms with Crippen LogP contribution in [0.1, 0.15) is 57.7 Å². The zero-order chi connectivity index (χ0) is 25.5. The molecule has 0 aliphatic carbocycles. The number of carbonyl (C=O) groups excluding carboxylic acids is 1. The number of thioether (sulfide) groups is 1. The number of carbonyl (C=O) groups is 1. The summed E-state index contributed by atoms with van der Waals surface area (Å²) in [6, 6.07) is 17.6. The summed E-state index contributed by atoms with van der Waals surface area (Å²) in [4.78, 5) is 17.9. The Labute approximate surface area is 217 Å². The second-order valence-corrected chi connectivity index (χ2v) is 10.2. The third kappa shape index (κ3) is 6.29. The first-order valence-electron chi connectivity index (χ1n) is 12.5. The van der Waals surface area contributed by atoms with E-state index in [0.29, 0.717) is 35.8 Å². The van der Waals surface area contributed by atoms with Gasteiger partial charge in [-0.1, -0.05) is 75.0 Å². The highest BCUT2D eigenvalue weighted by atomic mass is 32.2. The maximum atomic E-state index is 13.1. The van der Waals surface area contributed by atoms with E-state index in [4.69, 9.17) is 19.6 Å². The lowest BCUT2D eigenvalue weighted by Crippen LogP contribution is -2.29. The molecule has 1 unspecified atom stereocenters. The lowest BCUT2D eigenvalue weighted by atomic mass is 9.96. The smallest absolute Gasteiger partial charge is 0.338 e. The van der Waals surface area contributed by atoms with Gasteiger partial charge in [-0.05, 0) is 48.9 Å². The molecule has 0 radical (unpaired) electrons. The molecule has 0 fully saturated rings. The van der Waals surface area contributed by atoms with Crippen LogP contribution in [0.15, 0.2) is 71.0 Å². The number of anilines is 1. The first kappa shape index (κ1) is 25.8. The highest BCUT2D eigenvalue weighted by molar-refractivity contribution is 7.98. The van der Waals surface area contributed by atoms with Crippen LogP contribution < -0.4 is 10.1 Å². The predicted molar refractivity (Wildman–Crippen MR) is 143 cm³/mol. The molecular weight excluding hydrogens is 472 g/mol. The summed E-state index contributed by atoms with van der Waals surface area (Å²) in [6.45, 7) is 9.27. The van der Waals surface area contributed by atoms with Gasteiger partial charge in [-0.3, -0.25) is 0 Å². The topological polar surface area (TPSA) is 78.3 Å². The van der Waals surface area contributed by atoms with Crippen molar-refractivity contribution < 1.29 is 14.3 Å². The fourth-order valence-corrected chi connectivity index (χ4v) is 4.70. The number of hydrogen-bond donors (Lipinski definition) is 1. The molecule has 1 aliphatic heterocycles. The van der Waals surface area contributed by atoms with Gasteiger partial charge in [0.05, 0.1) is 18.8 Å². The van der Waals surface area contributed by atoms with Gasteiger partial charge in [0.25, 0.3) is 0 Å². The standard InChI is InChI=1S/C28H34N4O3S/c1-5-16-35-26(33)24-20(4)29-27-30-28(36-18-21-9-7-6-8-10-21)31-32(27)25(24)22-11-13-23(14-12-22)34-17-15-19(2)3/h6-14,19,25H,5,15-18H2,1-4H3,(H,29,30,31). The molecule has 1 atom stereocenters. The average molecular weight is 507 g/mol. The molecule has 1 aromatic heterocycles. The molecule has 0 spiro atoms. The van der Waals surface area contributed by atoms with Crippen LogP contribution in [0.2, 0.25) is 0 Å². The Morgan fingerprint density at radius 3 is 2.56 bits per heavy atom. The number of nitrogens with zero attached hydrogens (tertiary/aromatic N) is 3. The van der Waals surface area contributed by atoms with E-state index in [-0.39, 0.29) is 5.97 Å². The van der Waals surface area contributed by atoms with Crippen molar-refractivity contribution in [1.82, 2.24) is 14.8 Å². The summed E-state index contributed by atoms with van der Waals surface area (Å²) in [5, 5.41) is 8.71. The van der Waals surface area contributed by atoms with Crippen LogP contribution in [-0.4, -0.2) is 33.9 Å². The molecule has 0 saturated heterocycles. The summed E-state index contributed by atoms with van der Waals surface area (Å²) in [5.74, 6) is 2.42. The van der Waals surface area contributed by atoms with E-state index in [9.17, 15) is 4.79 Å². The first-order chi connectivity index (χ1) is 17.5. The van der Waals surface area contributed by atoms with E-state index in [0.717, 1.165) is 35.6 Å². The predicted octanol–water partition coefficient (Wildman–Crippen LogP) is 6.24. The SMILES string of the molecule is CCCOC(=O)C1=C(C)Nc2nc(SCc3ccccc3)nn2C1c1ccc(OCCC(C)C)cc1. The number of fused-ring (bicyclic) bond motifs is 1. The Bertz CT molecular complexity index is 1190. The van der Waals surface area contributed by atoms with Crippen LogP contribution in [-0.2, 0) is 15.3 Å². The molecule has 4 rings (SSSR count). The van der Waals surface area contributed by atoms with Crippen molar-refractivity contribution in [3.05, 3.63) is 77.0 Å². The van der Waals surface area contributed by atoms with E-state index < -0.39 is 6.04 Å². The molecule has 3 aromatic rings. The average Bonchev–Trinajstić information content (AvgIpc) is 3.28. The zero-order valence-electron chi connectivity index (χ0n) is 21.4. The van der Waals surface area contributed by atoms with Crippen molar-refractivity contribution >= 4 is 23.7 Å². The minimum absolute atomic E-state index is 0.344. The Morgan fingerprint density at radius 2 is 1.86 bits per heavy atom. The van der Waals surface area contributed by atoms with Gasteiger partial charge in [0.15, 0.2) is 0 Å². The molecule has 2 aromatic carbocycles. The van der Waals surface area contributed by atoms with Crippen molar-refractivity contribution in [2.45, 2.75) is 57.5 Å². The molecule has 190 valence electrons. The molecule has 36 heavy (non-hydrogen) atoms. The number of benzene rings is 2. The number of rotatable bonds is 11. The van der Waals surface area contributed by atoms with E-state index in [1.54, 1.807) is 16.4 Å². The number of nitrogens with one attached hydrogen (secondary N) is 1. The summed E-state index contributed by atoms with van der Waals surface area (Å²) in [6.07, 6.45) is 1.75. The summed E-state index contributed by atoms with van der Waals surface area (Å²) >= 11 is 1.57. The van der Waals surface area contributed by atoms with Gasteiger partial charge in [0.2, 0.25) is 11.1 Å². The van der Waals surface area contributed by atoms with Gasteiger partial charge >= 0.3 is 5.97 Å². The van der Waals surface area contributed by atoms with Gasteiger partial charge in [-0.25, -0.2) is 9.48 Å². The van der Waals surface area contributed by atoms with E-state index in [1.165, 1.54) is 5.56 Å². The number of ether oxygens (including phenoxy) is 2. The monoisotopic (exact) mass is 506 g/mol. The number of allylic oxidation sites excluding steroid dienone is 1. The third-order valence-corrected chi connectivity index (χ3v) is 6.77.